The van der Waals surface area contributed by atoms with Crippen molar-refractivity contribution >= 4 is 45.5 Å². The molecule has 7 nitrogen and oxygen atoms in total. The van der Waals surface area contributed by atoms with Gasteiger partial charge in [0.2, 0.25) is 0 Å². The van der Waals surface area contributed by atoms with E-state index in [-0.39, 0.29) is 11.7 Å². The van der Waals surface area contributed by atoms with Gasteiger partial charge in [0.25, 0.3) is 5.91 Å². The summed E-state index contributed by atoms with van der Waals surface area (Å²) in [5.74, 6) is 1.24. The number of aliphatic imine (C=N–C) groups is 1. The Labute approximate surface area is 159 Å². The first-order valence-electron chi connectivity index (χ1n) is 8.18. The Morgan fingerprint density at radius 2 is 2.22 bits per heavy atom. The fraction of sp³-hybridized carbons (Fsp3) is 0.158. The van der Waals surface area contributed by atoms with Crippen LogP contribution >= 0.6 is 11.8 Å². The molecule has 0 fully saturated rings. The molecule has 2 aromatic heterocycles. The Morgan fingerprint density at radius 1 is 1.37 bits per heavy atom. The lowest BCUT2D eigenvalue weighted by atomic mass is 10.1. The number of fused-ring (bicyclic) bond motifs is 1. The molecule has 3 heterocycles. The molecule has 1 aromatic carbocycles. The number of pyridine rings is 1. The van der Waals surface area contributed by atoms with E-state index in [1.807, 2.05) is 29.8 Å². The number of imidazole rings is 1. The van der Waals surface area contributed by atoms with Crippen molar-refractivity contribution in [1.82, 2.24) is 14.5 Å². The average molecular weight is 380 g/mol. The number of thioether (sulfide) groups is 1. The number of methoxy groups -OCH3 is 1. The molecule has 1 N–H and O–H groups in total. The summed E-state index contributed by atoms with van der Waals surface area (Å²) in [6, 6.07) is 8.77. The molecule has 0 aliphatic carbocycles. The number of rotatable bonds is 4. The maximum atomic E-state index is 11.7. The van der Waals surface area contributed by atoms with E-state index in [1.54, 1.807) is 24.4 Å². The van der Waals surface area contributed by atoms with Crippen molar-refractivity contribution in [2.24, 2.45) is 12.0 Å². The smallest absolute Gasteiger partial charge is 0.257 e. The van der Waals surface area contributed by atoms with E-state index in [0.717, 1.165) is 22.3 Å². The average Bonchev–Trinajstić information content (AvgIpc) is 3.25. The number of phenolic OH excluding ortho intramolecular Hbond substituents is 1. The van der Waals surface area contributed by atoms with Gasteiger partial charge < -0.3 is 14.4 Å². The molecule has 0 radical (unpaired) electrons. The van der Waals surface area contributed by atoms with E-state index in [4.69, 9.17) is 4.74 Å². The molecule has 1 aliphatic rings. The second kappa shape index (κ2) is 6.88. The van der Waals surface area contributed by atoms with Crippen LogP contribution in [0.1, 0.15) is 11.4 Å². The van der Waals surface area contributed by atoms with Gasteiger partial charge in [0.05, 0.1) is 18.4 Å². The first kappa shape index (κ1) is 17.3. The molecular weight excluding hydrogens is 364 g/mol. The minimum absolute atomic E-state index is 0.0610. The Bertz CT molecular complexity index is 1120. The quantitative estimate of drug-likeness (QED) is 0.749. The van der Waals surface area contributed by atoms with Crippen LogP contribution in [0.25, 0.3) is 22.8 Å². The van der Waals surface area contributed by atoms with E-state index >= 15 is 0 Å². The van der Waals surface area contributed by atoms with Crippen LogP contribution in [0.2, 0.25) is 0 Å². The molecule has 0 unspecified atom stereocenters. The van der Waals surface area contributed by atoms with Crippen molar-refractivity contribution < 1.29 is 14.6 Å². The maximum Gasteiger partial charge on any atom is 0.257 e. The van der Waals surface area contributed by atoms with E-state index in [0.29, 0.717) is 22.4 Å². The summed E-state index contributed by atoms with van der Waals surface area (Å²) in [6.07, 6.45) is 3.60. The van der Waals surface area contributed by atoms with Gasteiger partial charge in [-0.15, -0.1) is 0 Å². The predicted octanol–water partition coefficient (Wildman–Crippen LogP) is 2.90. The molecule has 0 saturated carbocycles. The fourth-order valence-corrected chi connectivity index (χ4v) is 3.68. The van der Waals surface area contributed by atoms with E-state index in [2.05, 4.69) is 15.0 Å². The molecule has 1 amide bonds. The first-order valence-corrected chi connectivity index (χ1v) is 9.16. The third-order valence-corrected chi connectivity index (χ3v) is 5.15. The highest BCUT2D eigenvalue weighted by Gasteiger charge is 2.24. The Morgan fingerprint density at radius 3 is 2.93 bits per heavy atom. The van der Waals surface area contributed by atoms with Crippen LogP contribution in [0.15, 0.2) is 41.5 Å². The standard InChI is InChI=1S/C19H16N4O3S/c1-23-17(21-13-4-3-7-20-18(13)23)12(19-22-16(25)10-27-19)8-11-5-6-14(24)15(9-11)26-2/h3-9,24H,10H2,1-2H3/b12-8-. The Hall–Kier alpha value is -3.13. The number of aromatic nitrogens is 3. The van der Waals surface area contributed by atoms with E-state index in [1.165, 1.54) is 18.9 Å². The molecule has 3 aromatic rings. The molecule has 27 heavy (non-hydrogen) atoms. The Balaban J connectivity index is 1.91. The third-order valence-electron chi connectivity index (χ3n) is 4.17. The van der Waals surface area contributed by atoms with Gasteiger partial charge in [-0.05, 0) is 35.9 Å². The van der Waals surface area contributed by atoms with Crippen LogP contribution in [0.5, 0.6) is 11.5 Å². The number of benzene rings is 1. The number of carbonyl (C=O) groups excluding carboxylic acids is 1. The lowest BCUT2D eigenvalue weighted by molar-refractivity contribution is -0.115. The Kier molecular flexibility index (Phi) is 4.41. The van der Waals surface area contributed by atoms with Crippen molar-refractivity contribution in [3.63, 3.8) is 0 Å². The van der Waals surface area contributed by atoms with Gasteiger partial charge in [-0.3, -0.25) is 4.79 Å². The summed E-state index contributed by atoms with van der Waals surface area (Å²) >= 11 is 1.38. The van der Waals surface area contributed by atoms with Gasteiger partial charge in [0.15, 0.2) is 17.1 Å². The first-order chi connectivity index (χ1) is 13.1. The number of carbonyl (C=O) groups is 1. The molecule has 1 aliphatic heterocycles. The topological polar surface area (TPSA) is 89.6 Å². The van der Waals surface area contributed by atoms with Crippen LogP contribution in [0, 0.1) is 0 Å². The number of nitrogens with zero attached hydrogens (tertiary/aromatic N) is 4. The summed E-state index contributed by atoms with van der Waals surface area (Å²) in [5.41, 5.74) is 3.03. The summed E-state index contributed by atoms with van der Waals surface area (Å²) in [7, 11) is 3.38. The van der Waals surface area contributed by atoms with Crippen molar-refractivity contribution in [3.05, 3.63) is 47.9 Å². The fourth-order valence-electron chi connectivity index (χ4n) is 2.88. The van der Waals surface area contributed by atoms with Gasteiger partial charge in [0, 0.05) is 13.2 Å². The molecule has 0 saturated heterocycles. The number of hydrogen-bond donors (Lipinski definition) is 1. The van der Waals surface area contributed by atoms with Crippen molar-refractivity contribution in [3.8, 4) is 11.5 Å². The molecule has 136 valence electrons. The van der Waals surface area contributed by atoms with Crippen LogP contribution in [0.4, 0.5) is 0 Å². The minimum Gasteiger partial charge on any atom is -0.504 e. The molecule has 4 rings (SSSR count). The van der Waals surface area contributed by atoms with E-state index in [9.17, 15) is 9.90 Å². The summed E-state index contributed by atoms with van der Waals surface area (Å²) < 4.78 is 7.07. The number of phenols is 1. The number of amides is 1. The number of aryl methyl sites for hydroxylation is 1. The zero-order valence-corrected chi connectivity index (χ0v) is 15.5. The van der Waals surface area contributed by atoms with Crippen LogP contribution in [0.3, 0.4) is 0 Å². The second-order valence-electron chi connectivity index (χ2n) is 5.93. The number of ether oxygens (including phenoxy) is 1. The minimum atomic E-state index is -0.166. The summed E-state index contributed by atoms with van der Waals surface area (Å²) in [5, 5.41) is 10.4. The largest absolute Gasteiger partial charge is 0.504 e. The molecule has 0 bridgehead atoms. The van der Waals surface area contributed by atoms with Crippen LogP contribution in [-0.4, -0.2) is 43.5 Å². The lowest BCUT2D eigenvalue weighted by Gasteiger charge is -2.09. The maximum absolute atomic E-state index is 11.7. The van der Waals surface area contributed by atoms with Gasteiger partial charge in [-0.1, -0.05) is 17.8 Å². The van der Waals surface area contributed by atoms with Gasteiger partial charge in [-0.2, -0.15) is 0 Å². The second-order valence-corrected chi connectivity index (χ2v) is 6.89. The van der Waals surface area contributed by atoms with Gasteiger partial charge >= 0.3 is 0 Å². The highest BCUT2D eigenvalue weighted by Crippen LogP contribution is 2.32. The lowest BCUT2D eigenvalue weighted by Crippen LogP contribution is -2.03. The highest BCUT2D eigenvalue weighted by molar-refractivity contribution is 8.16. The SMILES string of the molecule is COc1cc(/C=C(\C2=NC(=O)CS2)c2nc3cccnc3n2C)ccc1O. The normalized spacial score (nSPS) is 14.7. The monoisotopic (exact) mass is 380 g/mol. The van der Waals surface area contributed by atoms with Crippen molar-refractivity contribution in [1.29, 1.82) is 0 Å². The molecule has 0 spiro atoms. The molecule has 8 heteroatoms. The van der Waals surface area contributed by atoms with Gasteiger partial charge in [-0.25, -0.2) is 15.0 Å². The predicted molar refractivity (Wildman–Crippen MR) is 106 cm³/mol. The van der Waals surface area contributed by atoms with Crippen LogP contribution in [-0.2, 0) is 11.8 Å². The zero-order chi connectivity index (χ0) is 19.0. The number of aromatic hydroxyl groups is 1. The molecule has 0 atom stereocenters. The zero-order valence-electron chi connectivity index (χ0n) is 14.7. The van der Waals surface area contributed by atoms with E-state index < -0.39 is 0 Å². The summed E-state index contributed by atoms with van der Waals surface area (Å²) in [4.78, 5) is 24.9. The van der Waals surface area contributed by atoms with Crippen molar-refractivity contribution in [2.75, 3.05) is 12.9 Å². The highest BCUT2D eigenvalue weighted by atomic mass is 32.2. The van der Waals surface area contributed by atoms with Crippen LogP contribution < -0.4 is 4.74 Å². The summed E-state index contributed by atoms with van der Waals surface area (Å²) in [6.45, 7) is 0. The number of hydrogen-bond acceptors (Lipinski definition) is 6. The van der Waals surface area contributed by atoms with Gasteiger partial charge in [0.1, 0.15) is 16.4 Å². The third kappa shape index (κ3) is 3.19. The van der Waals surface area contributed by atoms with Crippen molar-refractivity contribution in [2.45, 2.75) is 0 Å². The molecular formula is C19H16N4O3S.